The first-order chi connectivity index (χ1) is 44.9. The van der Waals surface area contributed by atoms with E-state index in [0.717, 1.165) is 91.6 Å². The Morgan fingerprint density at radius 3 is 0.663 bits per heavy atom. The fraction of sp³-hybridized carbons (Fsp3) is 0.0513. The quantitative estimate of drug-likeness (QED) is 0.0419. The molecule has 452 valence electrons. The number of rotatable bonds is 24. The number of esters is 4. The van der Waals surface area contributed by atoms with Crippen molar-refractivity contribution >= 4 is 107 Å². The number of carbonyl (C=O) groups excluding carboxylic acids is 6. The van der Waals surface area contributed by atoms with Gasteiger partial charge in [-0.05, 0) is 117 Å². The lowest BCUT2D eigenvalue weighted by molar-refractivity contribution is 0.0460. The Morgan fingerprint density at radius 1 is 0.272 bits per heavy atom. The highest BCUT2D eigenvalue weighted by Gasteiger charge is 2.39. The topological polar surface area (TPSA) is 139 Å². The Morgan fingerprint density at radius 2 is 0.467 bits per heavy atom. The number of carbonyl (C=O) groups is 6. The van der Waals surface area contributed by atoms with Gasteiger partial charge < -0.3 is 18.9 Å². The van der Waals surface area contributed by atoms with E-state index in [2.05, 4.69) is 26.3 Å². The lowest BCUT2D eigenvalue weighted by atomic mass is 9.84. The number of hydrogen-bond acceptors (Lipinski definition) is 14. The van der Waals surface area contributed by atoms with E-state index in [9.17, 15) is 19.2 Å². The summed E-state index contributed by atoms with van der Waals surface area (Å²) in [5.41, 5.74) is 7.76. The van der Waals surface area contributed by atoms with Crippen LogP contribution in [0, 0.1) is 0 Å². The summed E-state index contributed by atoms with van der Waals surface area (Å²) < 4.78 is 23.5. The number of fused-ring (bicyclic) bond motifs is 2. The van der Waals surface area contributed by atoms with Gasteiger partial charge in [-0.3, -0.25) is 9.59 Å². The normalized spacial score (nSPS) is 11.3. The average molecular weight is 1280 g/mol. The summed E-state index contributed by atoms with van der Waals surface area (Å²) in [6.07, 6.45) is 6.90. The molecule has 0 aromatic heterocycles. The van der Waals surface area contributed by atoms with Crippen LogP contribution in [0.15, 0.2) is 284 Å². The molecule has 0 unspecified atom stereocenters. The molecule has 0 radical (unpaired) electrons. The summed E-state index contributed by atoms with van der Waals surface area (Å²) in [4.78, 5) is 92.6. The van der Waals surface area contributed by atoms with Gasteiger partial charge in [-0.2, -0.15) is 0 Å². The van der Waals surface area contributed by atoms with Crippen molar-refractivity contribution in [1.29, 1.82) is 0 Å². The number of benzene rings is 10. The van der Waals surface area contributed by atoms with Gasteiger partial charge in [-0.1, -0.05) is 243 Å². The number of ketones is 2. The molecule has 14 heteroatoms. The van der Waals surface area contributed by atoms with Crippen LogP contribution in [0.4, 0.5) is 0 Å². The monoisotopic (exact) mass is 1280 g/mol. The van der Waals surface area contributed by atoms with Crippen molar-refractivity contribution < 1.29 is 47.7 Å². The highest BCUT2D eigenvalue weighted by Crippen LogP contribution is 2.49. The van der Waals surface area contributed by atoms with E-state index in [1.165, 1.54) is 0 Å². The first-order valence-electron chi connectivity index (χ1n) is 28.9. The third-order valence-corrected chi connectivity index (χ3v) is 19.4. The van der Waals surface area contributed by atoms with Gasteiger partial charge in [0.2, 0.25) is 0 Å². The molecule has 0 N–H and O–H groups in total. The van der Waals surface area contributed by atoms with Gasteiger partial charge in [0.05, 0.1) is 22.3 Å². The summed E-state index contributed by atoms with van der Waals surface area (Å²) in [5.74, 6) is -3.52. The first kappa shape index (κ1) is 63.4. The van der Waals surface area contributed by atoms with Crippen LogP contribution in [-0.2, 0) is 45.4 Å². The minimum atomic E-state index is -0.610. The minimum absolute atomic E-state index is 0.0137. The Hall–Kier alpha value is -10.2. The van der Waals surface area contributed by atoms with Crippen LogP contribution in [-0.4, -0.2) is 35.4 Å². The predicted octanol–water partition coefficient (Wildman–Crippen LogP) is 19.1. The van der Waals surface area contributed by atoms with E-state index >= 15 is 9.59 Å². The third-order valence-electron chi connectivity index (χ3n) is 14.8. The summed E-state index contributed by atoms with van der Waals surface area (Å²) in [6, 6.07) is 64.3. The Kier molecular flexibility index (Phi) is 20.4. The van der Waals surface area contributed by atoms with Crippen LogP contribution < -0.4 is 0 Å². The zero-order valence-electron chi connectivity index (χ0n) is 49.5. The zero-order chi connectivity index (χ0) is 64.1. The maximum absolute atomic E-state index is 16.5. The van der Waals surface area contributed by atoms with Crippen LogP contribution in [0.2, 0.25) is 0 Å². The molecular formula is C78H56O10S4. The van der Waals surface area contributed by atoms with E-state index in [0.29, 0.717) is 39.2 Å². The molecule has 10 nitrogen and oxygen atoms in total. The summed E-state index contributed by atoms with van der Waals surface area (Å²) in [5, 5.41) is 0. The molecule has 0 atom stereocenters. The molecule has 0 amide bonds. The van der Waals surface area contributed by atoms with E-state index in [1.54, 1.807) is 146 Å². The van der Waals surface area contributed by atoms with E-state index in [1.807, 2.05) is 97.1 Å². The lowest BCUT2D eigenvalue weighted by Gasteiger charge is -2.26. The van der Waals surface area contributed by atoms with Crippen LogP contribution in [0.1, 0.15) is 118 Å². The summed E-state index contributed by atoms with van der Waals surface area (Å²) >= 11 is 4.50. The fourth-order valence-corrected chi connectivity index (χ4v) is 14.2. The highest BCUT2D eigenvalue weighted by molar-refractivity contribution is 8.00. The van der Waals surface area contributed by atoms with Gasteiger partial charge in [-0.25, -0.2) is 19.2 Å². The molecule has 1 aliphatic carbocycles. The van der Waals surface area contributed by atoms with Crippen molar-refractivity contribution in [3.63, 3.8) is 0 Å². The maximum Gasteiger partial charge on any atom is 0.339 e. The molecule has 92 heavy (non-hydrogen) atoms. The second-order valence-electron chi connectivity index (χ2n) is 20.8. The summed E-state index contributed by atoms with van der Waals surface area (Å²) in [6.45, 7) is 15.2. The Labute approximate surface area is 550 Å². The molecule has 11 rings (SSSR count). The highest BCUT2D eigenvalue weighted by atomic mass is 32.2. The van der Waals surface area contributed by atoms with Gasteiger partial charge >= 0.3 is 23.9 Å². The molecule has 0 bridgehead atoms. The maximum atomic E-state index is 16.5. The molecule has 10 aromatic rings. The molecule has 0 spiro atoms. The van der Waals surface area contributed by atoms with Crippen molar-refractivity contribution in [3.05, 3.63) is 334 Å². The zero-order valence-corrected chi connectivity index (χ0v) is 52.7. The molecule has 0 fully saturated rings. The van der Waals surface area contributed by atoms with Gasteiger partial charge in [0.25, 0.3) is 0 Å². The standard InChI is InChI=1S/C78H56O10S4/c1-5-49-25-33-53(34-26-49)45-85-75(81)57-17-9-13-21-61(57)89-65-41-42-66(90-62-22-14-10-18-58(62)76(82)86-46-54-35-27-50(6-2)28-36-54)70-69(65)73(79)71-67(91-63-23-15-11-19-59(63)77(83)87-47-55-37-29-51(7-3)30-38-55)43-44-68(72(71)74(70)80)92-64-24-16-12-20-60(64)78(84)88-48-56-39-31-52(8-4)32-40-56/h5-44H,1-4,45-48H2. The molecule has 0 saturated heterocycles. The van der Waals surface area contributed by atoms with Crippen molar-refractivity contribution in [2.45, 2.75) is 65.6 Å². The van der Waals surface area contributed by atoms with Gasteiger partial charge in [0.15, 0.2) is 11.6 Å². The van der Waals surface area contributed by atoms with Crippen molar-refractivity contribution in [2.24, 2.45) is 0 Å². The molecule has 1 aliphatic rings. The molecule has 0 aliphatic heterocycles. The van der Waals surface area contributed by atoms with Crippen LogP contribution in [0.5, 0.6) is 0 Å². The largest absolute Gasteiger partial charge is 0.457 e. The Bertz CT molecular complexity index is 3960. The predicted molar refractivity (Wildman–Crippen MR) is 365 cm³/mol. The molecule has 0 heterocycles. The van der Waals surface area contributed by atoms with Crippen LogP contribution in [0.3, 0.4) is 0 Å². The SMILES string of the molecule is C=Cc1ccc(COC(=O)c2ccccc2Sc2ccc(Sc3ccccc3C(=O)OCc3ccc(C=C)cc3)c3c2C(=O)c2c(Sc4ccccc4C(=O)OCc4ccc(C=C)cc4)ccc(Sc4ccccc4C(=O)OCc4ccc(C=C)cc4)c2C3=O)cc1. The second-order valence-corrected chi connectivity index (χ2v) is 25.1. The van der Waals surface area contributed by atoms with Gasteiger partial charge in [0, 0.05) is 61.4 Å². The minimum Gasteiger partial charge on any atom is -0.457 e. The molecular weight excluding hydrogens is 1230 g/mol. The van der Waals surface area contributed by atoms with Crippen molar-refractivity contribution in [3.8, 4) is 0 Å². The third kappa shape index (κ3) is 14.7. The van der Waals surface area contributed by atoms with Gasteiger partial charge in [-0.15, -0.1) is 0 Å². The second kappa shape index (κ2) is 29.6. The van der Waals surface area contributed by atoms with E-state index in [4.69, 9.17) is 18.9 Å². The molecule has 0 saturated carbocycles. The van der Waals surface area contributed by atoms with E-state index in [-0.39, 0.29) is 70.9 Å². The number of hydrogen-bond donors (Lipinski definition) is 0. The average Bonchev–Trinajstić information content (AvgIpc) is 0.740. The number of ether oxygens (including phenoxy) is 4. The fourth-order valence-electron chi connectivity index (χ4n) is 9.90. The first-order valence-corrected chi connectivity index (χ1v) is 32.2. The summed E-state index contributed by atoms with van der Waals surface area (Å²) in [7, 11) is 0. The molecule has 10 aromatic carbocycles. The van der Waals surface area contributed by atoms with Crippen molar-refractivity contribution in [1.82, 2.24) is 0 Å². The van der Waals surface area contributed by atoms with Crippen LogP contribution in [0.25, 0.3) is 24.3 Å². The van der Waals surface area contributed by atoms with Crippen LogP contribution >= 0.6 is 47.0 Å². The van der Waals surface area contributed by atoms with Gasteiger partial charge in [0.1, 0.15) is 26.4 Å². The van der Waals surface area contributed by atoms with E-state index < -0.39 is 35.4 Å². The van der Waals surface area contributed by atoms with Crippen molar-refractivity contribution in [2.75, 3.05) is 0 Å². The smallest absolute Gasteiger partial charge is 0.339 e. The lowest BCUT2D eigenvalue weighted by Crippen LogP contribution is -2.24. The Balaban J connectivity index is 1.02.